The second-order valence-electron chi connectivity index (χ2n) is 14.3. The highest BCUT2D eigenvalue weighted by molar-refractivity contribution is 6.06. The number of para-hydroxylation sites is 1. The van der Waals surface area contributed by atoms with Gasteiger partial charge in [0.05, 0.1) is 32.4 Å². The Balaban J connectivity index is 1.09. The lowest BCUT2D eigenvalue weighted by Gasteiger charge is -2.53. The average Bonchev–Trinajstić information content (AvgIpc) is 3.93. The summed E-state index contributed by atoms with van der Waals surface area (Å²) >= 11 is 0. The molecule has 0 aliphatic carbocycles. The van der Waals surface area contributed by atoms with E-state index in [0.717, 1.165) is 23.9 Å². The van der Waals surface area contributed by atoms with Gasteiger partial charge in [-0.05, 0) is 56.9 Å². The van der Waals surface area contributed by atoms with Crippen LogP contribution >= 0.6 is 0 Å². The van der Waals surface area contributed by atoms with Gasteiger partial charge in [-0.1, -0.05) is 18.1 Å². The first-order valence-corrected chi connectivity index (χ1v) is 17.7. The molecule has 14 nitrogen and oxygen atoms in total. The Hall–Kier alpha value is -5.23. The molecule has 0 radical (unpaired) electrons. The number of pyridine rings is 1. The molecule has 4 atom stereocenters. The number of aryl methyl sites for hydroxylation is 1. The van der Waals surface area contributed by atoms with Crippen LogP contribution in [0.4, 0.5) is 11.5 Å². The lowest BCUT2D eigenvalue weighted by Crippen LogP contribution is -2.68. The molecular weight excluding hydrogens is 666 g/mol. The summed E-state index contributed by atoms with van der Waals surface area (Å²) in [5.74, 6) is 6.65. The molecule has 0 amide bonds. The van der Waals surface area contributed by atoms with Crippen LogP contribution in [0.25, 0.3) is 22.1 Å². The van der Waals surface area contributed by atoms with E-state index in [4.69, 9.17) is 38.3 Å². The van der Waals surface area contributed by atoms with E-state index in [1.807, 2.05) is 56.6 Å². The Bertz CT molecular complexity index is 2250. The first kappa shape index (κ1) is 32.7. The quantitative estimate of drug-likeness (QED) is 0.254. The maximum Gasteiger partial charge on any atom is 0.326 e. The summed E-state index contributed by atoms with van der Waals surface area (Å²) in [4.78, 5) is 31.7. The van der Waals surface area contributed by atoms with E-state index < -0.39 is 29.3 Å². The molecule has 8 heterocycles. The minimum Gasteiger partial charge on any atom is -0.480 e. The van der Waals surface area contributed by atoms with Gasteiger partial charge in [0, 0.05) is 50.0 Å². The van der Waals surface area contributed by atoms with Crippen LogP contribution in [-0.4, -0.2) is 99.1 Å². The Morgan fingerprint density at radius 3 is 2.71 bits per heavy atom. The zero-order valence-electron chi connectivity index (χ0n) is 29.2. The van der Waals surface area contributed by atoms with Crippen molar-refractivity contribution in [1.82, 2.24) is 24.7 Å². The van der Waals surface area contributed by atoms with Crippen LogP contribution in [0.1, 0.15) is 50.2 Å². The number of aromatic nitrogens is 5. The molecule has 4 saturated heterocycles. The number of anilines is 2. The first-order chi connectivity index (χ1) is 25.2. The van der Waals surface area contributed by atoms with E-state index in [0.29, 0.717) is 78.4 Å². The predicted molar refractivity (Wildman–Crippen MR) is 189 cm³/mol. The molecule has 268 valence electrons. The number of carboxylic acid groups (broad SMARTS) is 1. The van der Waals surface area contributed by atoms with E-state index in [1.54, 1.807) is 15.8 Å². The second kappa shape index (κ2) is 12.5. The molecule has 4 fully saturated rings. The number of ether oxygens (including phenoxy) is 4. The molecule has 0 saturated carbocycles. The third-order valence-corrected chi connectivity index (χ3v) is 10.8. The number of aliphatic carboxylic acids is 1. The minimum absolute atomic E-state index is 0.0371. The number of nitrogens with zero attached hydrogens (tertiary/aromatic N) is 7. The fraction of sp³-hybridized carbons (Fsp3) is 0.447. The van der Waals surface area contributed by atoms with Gasteiger partial charge < -0.3 is 38.3 Å². The zero-order chi connectivity index (χ0) is 35.6. The Labute approximate surface area is 299 Å². The summed E-state index contributed by atoms with van der Waals surface area (Å²) in [6, 6.07) is 10.5. The van der Waals surface area contributed by atoms with Crippen LogP contribution in [0.5, 0.6) is 5.88 Å². The van der Waals surface area contributed by atoms with Crippen molar-refractivity contribution < 1.29 is 33.3 Å². The molecule has 1 spiro atoms. The molecule has 1 aromatic carbocycles. The third kappa shape index (κ3) is 5.51. The van der Waals surface area contributed by atoms with Gasteiger partial charge in [-0.2, -0.15) is 5.10 Å². The van der Waals surface area contributed by atoms with Crippen LogP contribution in [0.15, 0.2) is 53.2 Å². The van der Waals surface area contributed by atoms with Crippen molar-refractivity contribution in [3.8, 4) is 17.7 Å². The van der Waals surface area contributed by atoms with Crippen molar-refractivity contribution in [3.05, 3.63) is 65.9 Å². The van der Waals surface area contributed by atoms with Crippen LogP contribution in [-0.2, 0) is 31.7 Å². The summed E-state index contributed by atoms with van der Waals surface area (Å²) in [6.45, 7) is 7.09. The smallest absolute Gasteiger partial charge is 0.326 e. The van der Waals surface area contributed by atoms with E-state index >= 15 is 0 Å². The van der Waals surface area contributed by atoms with Crippen molar-refractivity contribution in [2.45, 2.75) is 62.5 Å². The molecular formula is C38H39N7O7. The van der Waals surface area contributed by atoms with Gasteiger partial charge in [-0.3, -0.25) is 4.68 Å². The van der Waals surface area contributed by atoms with Crippen molar-refractivity contribution in [3.63, 3.8) is 0 Å². The summed E-state index contributed by atoms with van der Waals surface area (Å²) in [5.41, 5.74) is 2.70. The summed E-state index contributed by atoms with van der Waals surface area (Å²) in [7, 11) is 1.85. The zero-order valence-corrected chi connectivity index (χ0v) is 29.2. The lowest BCUT2D eigenvalue weighted by atomic mass is 9.90. The molecule has 52 heavy (non-hydrogen) atoms. The molecule has 5 aromatic rings. The van der Waals surface area contributed by atoms with E-state index in [-0.39, 0.29) is 19.0 Å². The van der Waals surface area contributed by atoms with Crippen LogP contribution < -0.4 is 14.5 Å². The molecule has 4 aliphatic heterocycles. The standard InChI is InChI=1S/C38H39N7O7/c1-23-38(21-48-22-38)50-16-14-44(23)28-17-24(9-10-25-11-13-43(3)42-25)19-39-34(28)51-26-18-29(35(46)47)45(20-26)33-32-31(27-7-4-5-8-30(27)52-32)40-36(41-33)37(2)12-6-15-49-37/h4-5,7-8,11,13,17,19,23,26,29H,6,12,14-16,18,20-22H2,1-3H3,(H,46,47)/t23-,26-,29-,37+/m0/s1. The predicted octanol–water partition coefficient (Wildman–Crippen LogP) is 4.03. The number of hydrogen-bond acceptors (Lipinski definition) is 12. The maximum atomic E-state index is 12.9. The van der Waals surface area contributed by atoms with Gasteiger partial charge in [-0.15, -0.1) is 0 Å². The Morgan fingerprint density at radius 1 is 1.10 bits per heavy atom. The monoisotopic (exact) mass is 705 g/mol. The largest absolute Gasteiger partial charge is 0.480 e. The molecule has 4 aliphatic rings. The topological polar surface area (TPSA) is 150 Å². The number of morpholine rings is 1. The van der Waals surface area contributed by atoms with Gasteiger partial charge in [0.15, 0.2) is 17.2 Å². The third-order valence-electron chi connectivity index (χ3n) is 10.8. The lowest BCUT2D eigenvalue weighted by molar-refractivity contribution is -0.228. The number of fused-ring (bicyclic) bond motifs is 3. The number of carboxylic acids is 1. The van der Waals surface area contributed by atoms with Gasteiger partial charge in [0.25, 0.3) is 0 Å². The molecule has 9 rings (SSSR count). The first-order valence-electron chi connectivity index (χ1n) is 17.7. The minimum atomic E-state index is -0.985. The SMILES string of the molecule is C[C@@H]1N(c2cc(C#Cc3ccn(C)n3)cnc2O[C@H]2C[C@@H](C(=O)O)N(c3nc([C@@]4(C)CCCO4)nc4c3oc3ccccc34)C2)CCOC12COC2. The van der Waals surface area contributed by atoms with Gasteiger partial charge in [0.1, 0.15) is 45.8 Å². The molecule has 14 heteroatoms. The molecule has 0 unspecified atom stereocenters. The molecule has 1 N–H and O–H groups in total. The summed E-state index contributed by atoms with van der Waals surface area (Å²) in [6.07, 6.45) is 4.83. The second-order valence-corrected chi connectivity index (χ2v) is 14.3. The molecule has 0 bridgehead atoms. The van der Waals surface area contributed by atoms with Crippen LogP contribution in [0.2, 0.25) is 0 Å². The highest BCUT2D eigenvalue weighted by atomic mass is 16.6. The highest BCUT2D eigenvalue weighted by Crippen LogP contribution is 2.42. The van der Waals surface area contributed by atoms with E-state index in [9.17, 15) is 9.90 Å². The molecule has 4 aromatic heterocycles. The van der Waals surface area contributed by atoms with Crippen molar-refractivity contribution in [2.75, 3.05) is 49.3 Å². The average molecular weight is 706 g/mol. The number of hydrogen-bond donors (Lipinski definition) is 1. The van der Waals surface area contributed by atoms with Crippen molar-refractivity contribution in [2.24, 2.45) is 7.05 Å². The maximum absolute atomic E-state index is 12.9. The summed E-state index contributed by atoms with van der Waals surface area (Å²) in [5, 5.41) is 15.8. The normalized spacial score (nSPS) is 25.4. The van der Waals surface area contributed by atoms with Gasteiger partial charge in [0.2, 0.25) is 5.88 Å². The highest BCUT2D eigenvalue weighted by Gasteiger charge is 2.50. The van der Waals surface area contributed by atoms with Gasteiger partial charge >= 0.3 is 5.97 Å². The number of furan rings is 1. The van der Waals surface area contributed by atoms with Crippen molar-refractivity contribution in [1.29, 1.82) is 0 Å². The van der Waals surface area contributed by atoms with E-state index in [2.05, 4.69) is 28.8 Å². The number of benzene rings is 1. The van der Waals surface area contributed by atoms with E-state index in [1.165, 1.54) is 0 Å². The fourth-order valence-electron chi connectivity index (χ4n) is 7.80. The van der Waals surface area contributed by atoms with Crippen LogP contribution in [0.3, 0.4) is 0 Å². The van der Waals surface area contributed by atoms with Gasteiger partial charge in [-0.25, -0.2) is 19.7 Å². The Kier molecular flexibility index (Phi) is 7.83. The summed E-state index contributed by atoms with van der Waals surface area (Å²) < 4.78 is 32.7. The van der Waals surface area contributed by atoms with Crippen molar-refractivity contribution >= 4 is 39.5 Å². The number of rotatable bonds is 6. The fourth-order valence-corrected chi connectivity index (χ4v) is 7.80. The number of carbonyl (C=O) groups is 1. The Morgan fingerprint density at radius 2 is 1.96 bits per heavy atom. The van der Waals surface area contributed by atoms with Crippen LogP contribution in [0, 0.1) is 11.8 Å².